The first kappa shape index (κ1) is 17.7. The van der Waals surface area contributed by atoms with Crippen LogP contribution < -0.4 is 10.1 Å². The molecule has 2 heterocycles. The highest BCUT2D eigenvalue weighted by Gasteiger charge is 2.25. The molecule has 25 heavy (non-hydrogen) atoms. The topological polar surface area (TPSA) is 63.7 Å². The van der Waals surface area contributed by atoms with Crippen LogP contribution in [0.5, 0.6) is 11.6 Å². The summed E-state index contributed by atoms with van der Waals surface area (Å²) in [4.78, 5) is 18.4. The maximum atomic E-state index is 12.4. The van der Waals surface area contributed by atoms with Gasteiger partial charge in [0.15, 0.2) is 0 Å². The van der Waals surface area contributed by atoms with E-state index >= 15 is 0 Å². The van der Waals surface area contributed by atoms with Crippen LogP contribution in [-0.4, -0.2) is 41.2 Å². The molecule has 1 aromatic carbocycles. The Kier molecular flexibility index (Phi) is 5.55. The van der Waals surface area contributed by atoms with Crippen LogP contribution in [0.1, 0.15) is 13.8 Å². The molecule has 2 unspecified atom stereocenters. The number of amides is 2. The summed E-state index contributed by atoms with van der Waals surface area (Å²) in [5.41, 5.74) is 0.624. The van der Waals surface area contributed by atoms with E-state index in [9.17, 15) is 4.79 Å². The largest absolute Gasteiger partial charge is 0.439 e. The van der Waals surface area contributed by atoms with Gasteiger partial charge >= 0.3 is 6.03 Å². The maximum Gasteiger partial charge on any atom is 0.322 e. The van der Waals surface area contributed by atoms with Crippen molar-refractivity contribution in [3.63, 3.8) is 0 Å². The fourth-order valence-corrected chi connectivity index (χ4v) is 3.09. The molecule has 3 rings (SSSR count). The summed E-state index contributed by atoms with van der Waals surface area (Å²) in [5.74, 6) is 1.15. The molecule has 1 N–H and O–H groups in total. The van der Waals surface area contributed by atoms with Crippen molar-refractivity contribution in [2.75, 3.05) is 18.4 Å². The van der Waals surface area contributed by atoms with Crippen molar-refractivity contribution in [2.45, 2.75) is 26.1 Å². The minimum Gasteiger partial charge on any atom is -0.439 e. The quantitative estimate of drug-likeness (QED) is 0.827. The molecule has 2 amide bonds. The van der Waals surface area contributed by atoms with Gasteiger partial charge in [0.2, 0.25) is 5.88 Å². The molecule has 1 fully saturated rings. The number of pyridine rings is 1. The minimum absolute atomic E-state index is 0.0357. The van der Waals surface area contributed by atoms with Crippen LogP contribution in [0.25, 0.3) is 0 Å². The number of anilines is 1. The van der Waals surface area contributed by atoms with Crippen LogP contribution in [0.4, 0.5) is 10.5 Å². The van der Waals surface area contributed by atoms with Crippen molar-refractivity contribution in [1.29, 1.82) is 0 Å². The number of nitrogens with zero attached hydrogens (tertiary/aromatic N) is 2. The lowest BCUT2D eigenvalue weighted by molar-refractivity contribution is -0.0530. The molecular weight excluding hydrogens is 386 g/mol. The van der Waals surface area contributed by atoms with E-state index < -0.39 is 0 Å². The van der Waals surface area contributed by atoms with Crippen LogP contribution >= 0.6 is 15.9 Å². The number of aromatic nitrogens is 1. The number of carbonyl (C=O) groups excluding carboxylic acids is 1. The van der Waals surface area contributed by atoms with E-state index in [0.29, 0.717) is 30.4 Å². The zero-order chi connectivity index (χ0) is 17.8. The third kappa shape index (κ3) is 4.93. The molecular formula is C18H20BrN3O3. The Morgan fingerprint density at radius 1 is 1.28 bits per heavy atom. The number of benzene rings is 1. The number of nitrogens with one attached hydrogen (secondary N) is 1. The number of ether oxygens (including phenoxy) is 2. The molecule has 0 bridgehead atoms. The molecule has 6 nitrogen and oxygen atoms in total. The lowest BCUT2D eigenvalue weighted by atomic mass is 10.2. The molecule has 7 heteroatoms. The second kappa shape index (κ2) is 7.84. The van der Waals surface area contributed by atoms with Crippen molar-refractivity contribution in [1.82, 2.24) is 9.88 Å². The number of hydrogen-bond donors (Lipinski definition) is 1. The SMILES string of the molecule is CC1CN(C(=O)Nc2ccc(Oc3cccc(Br)c3)nc2)CC(C)O1. The van der Waals surface area contributed by atoms with E-state index in [2.05, 4.69) is 26.2 Å². The second-order valence-electron chi connectivity index (χ2n) is 6.04. The lowest BCUT2D eigenvalue weighted by Gasteiger charge is -2.35. The summed E-state index contributed by atoms with van der Waals surface area (Å²) >= 11 is 3.40. The van der Waals surface area contributed by atoms with Crippen LogP contribution in [0.15, 0.2) is 47.1 Å². The molecule has 1 saturated heterocycles. The van der Waals surface area contributed by atoms with Crippen LogP contribution in [0.3, 0.4) is 0 Å². The summed E-state index contributed by atoms with van der Waals surface area (Å²) < 4.78 is 12.3. The number of morpholine rings is 1. The first-order chi connectivity index (χ1) is 12.0. The van der Waals surface area contributed by atoms with Crippen molar-refractivity contribution in [3.05, 3.63) is 47.1 Å². The van der Waals surface area contributed by atoms with Gasteiger partial charge in [-0.2, -0.15) is 0 Å². The molecule has 1 aliphatic heterocycles. The second-order valence-corrected chi connectivity index (χ2v) is 6.95. The number of urea groups is 1. The molecule has 1 aliphatic rings. The van der Waals surface area contributed by atoms with Gasteiger partial charge in [0.05, 0.1) is 24.1 Å². The Morgan fingerprint density at radius 2 is 2.04 bits per heavy atom. The van der Waals surface area contributed by atoms with Gasteiger partial charge in [0, 0.05) is 23.6 Å². The molecule has 2 atom stereocenters. The van der Waals surface area contributed by atoms with Gasteiger partial charge in [0.1, 0.15) is 5.75 Å². The van der Waals surface area contributed by atoms with Gasteiger partial charge in [-0.05, 0) is 38.1 Å². The molecule has 0 saturated carbocycles. The molecule has 1 aromatic heterocycles. The van der Waals surface area contributed by atoms with Gasteiger partial charge < -0.3 is 19.7 Å². The number of halogens is 1. The summed E-state index contributed by atoms with van der Waals surface area (Å²) in [6.07, 6.45) is 1.65. The van der Waals surface area contributed by atoms with E-state index in [1.807, 2.05) is 38.1 Å². The van der Waals surface area contributed by atoms with Crippen molar-refractivity contribution in [2.24, 2.45) is 0 Å². The van der Waals surface area contributed by atoms with E-state index in [1.165, 1.54) is 0 Å². The van der Waals surface area contributed by atoms with Gasteiger partial charge in [-0.15, -0.1) is 0 Å². The average Bonchev–Trinajstić information content (AvgIpc) is 2.56. The average molecular weight is 406 g/mol. The fraction of sp³-hybridized carbons (Fsp3) is 0.333. The Bertz CT molecular complexity index is 729. The Balaban J connectivity index is 1.59. The fourth-order valence-electron chi connectivity index (χ4n) is 2.71. The highest BCUT2D eigenvalue weighted by molar-refractivity contribution is 9.10. The molecule has 0 radical (unpaired) electrons. The summed E-state index contributed by atoms with van der Waals surface area (Å²) in [6, 6.07) is 10.9. The Morgan fingerprint density at radius 3 is 2.68 bits per heavy atom. The van der Waals surface area contributed by atoms with Crippen LogP contribution in [0.2, 0.25) is 0 Å². The number of hydrogen-bond acceptors (Lipinski definition) is 4. The standard InChI is InChI=1S/C18H20BrN3O3/c1-12-10-22(11-13(2)24-12)18(23)21-15-6-7-17(20-9-15)25-16-5-3-4-14(19)8-16/h3-9,12-13H,10-11H2,1-2H3,(H,21,23). The lowest BCUT2D eigenvalue weighted by Crippen LogP contribution is -2.49. The predicted octanol–water partition coefficient (Wildman–Crippen LogP) is 4.28. The van der Waals surface area contributed by atoms with Crippen LogP contribution in [-0.2, 0) is 4.74 Å². The van der Waals surface area contributed by atoms with Crippen molar-refractivity contribution in [3.8, 4) is 11.6 Å². The Labute approximate surface area is 155 Å². The van der Waals surface area contributed by atoms with Gasteiger partial charge in [-0.1, -0.05) is 22.0 Å². The van der Waals surface area contributed by atoms with E-state index in [4.69, 9.17) is 9.47 Å². The van der Waals surface area contributed by atoms with Crippen molar-refractivity contribution < 1.29 is 14.3 Å². The Hall–Kier alpha value is -2.12. The third-order valence-corrected chi connectivity index (χ3v) is 4.21. The highest BCUT2D eigenvalue weighted by atomic mass is 79.9. The molecule has 132 valence electrons. The molecule has 0 aliphatic carbocycles. The monoisotopic (exact) mass is 405 g/mol. The zero-order valence-corrected chi connectivity index (χ0v) is 15.7. The highest BCUT2D eigenvalue weighted by Crippen LogP contribution is 2.23. The van der Waals surface area contributed by atoms with E-state index in [-0.39, 0.29) is 18.2 Å². The first-order valence-electron chi connectivity index (χ1n) is 8.10. The number of carbonyl (C=O) groups is 1. The summed E-state index contributed by atoms with van der Waals surface area (Å²) in [6.45, 7) is 5.08. The van der Waals surface area contributed by atoms with Gasteiger partial charge in [-0.3, -0.25) is 0 Å². The summed E-state index contributed by atoms with van der Waals surface area (Å²) in [5, 5.41) is 2.86. The normalized spacial score (nSPS) is 20.2. The van der Waals surface area contributed by atoms with E-state index in [0.717, 1.165) is 4.47 Å². The zero-order valence-electron chi connectivity index (χ0n) is 14.1. The smallest absolute Gasteiger partial charge is 0.322 e. The van der Waals surface area contributed by atoms with Gasteiger partial charge in [0.25, 0.3) is 0 Å². The number of rotatable bonds is 3. The third-order valence-electron chi connectivity index (χ3n) is 3.71. The van der Waals surface area contributed by atoms with Crippen LogP contribution in [0, 0.1) is 0 Å². The van der Waals surface area contributed by atoms with Crippen molar-refractivity contribution >= 4 is 27.6 Å². The summed E-state index contributed by atoms with van der Waals surface area (Å²) in [7, 11) is 0. The molecule has 0 spiro atoms. The minimum atomic E-state index is -0.149. The van der Waals surface area contributed by atoms with E-state index in [1.54, 1.807) is 23.2 Å². The first-order valence-corrected chi connectivity index (χ1v) is 8.90. The van der Waals surface area contributed by atoms with Gasteiger partial charge in [-0.25, -0.2) is 9.78 Å². The molecule has 2 aromatic rings. The predicted molar refractivity (Wildman–Crippen MR) is 99.1 cm³/mol. The maximum absolute atomic E-state index is 12.4.